The summed E-state index contributed by atoms with van der Waals surface area (Å²) in [5, 5.41) is 11.7. The topological polar surface area (TPSA) is 89.6 Å². The van der Waals surface area contributed by atoms with Crippen LogP contribution in [0.3, 0.4) is 0 Å². The molecular weight excluding hydrogens is 290 g/mol. The molecule has 2 heterocycles. The van der Waals surface area contributed by atoms with Crippen molar-refractivity contribution in [1.29, 1.82) is 0 Å². The molecule has 0 spiro atoms. The number of aryl methyl sites for hydroxylation is 1. The van der Waals surface area contributed by atoms with E-state index in [0.29, 0.717) is 18.1 Å². The van der Waals surface area contributed by atoms with Crippen LogP contribution in [0.5, 0.6) is 0 Å². The highest BCUT2D eigenvalue weighted by atomic mass is 32.2. The smallest absolute Gasteiger partial charge is 0.342 e. The number of nitrogens with one attached hydrogen (secondary N) is 1. The van der Waals surface area contributed by atoms with Crippen molar-refractivity contribution in [3.05, 3.63) is 46.4 Å². The van der Waals surface area contributed by atoms with E-state index in [0.717, 1.165) is 16.2 Å². The normalized spacial score (nSPS) is 11.1. The van der Waals surface area contributed by atoms with Gasteiger partial charge in [-0.25, -0.2) is 14.5 Å². The van der Waals surface area contributed by atoms with Crippen LogP contribution in [0.15, 0.2) is 35.6 Å². The molecule has 21 heavy (non-hydrogen) atoms. The van der Waals surface area contributed by atoms with Crippen molar-refractivity contribution in [3.63, 3.8) is 0 Å². The Kier molecular flexibility index (Phi) is 3.61. The fraction of sp³-hybridized carbons (Fsp3) is 0.231. The summed E-state index contributed by atoms with van der Waals surface area (Å²) in [5.74, 6) is 1.35. The van der Waals surface area contributed by atoms with E-state index in [4.69, 9.17) is 0 Å². The molecule has 0 saturated heterocycles. The molecule has 3 rings (SSSR count). The molecule has 7 nitrogen and oxygen atoms in total. The van der Waals surface area contributed by atoms with Gasteiger partial charge in [-0.3, -0.25) is 0 Å². The third-order valence-corrected chi connectivity index (χ3v) is 4.00. The maximum Gasteiger partial charge on any atom is 0.342 e. The number of aromatic nitrogens is 4. The van der Waals surface area contributed by atoms with Gasteiger partial charge in [-0.1, -0.05) is 23.9 Å². The van der Waals surface area contributed by atoms with Crippen molar-refractivity contribution >= 4 is 28.6 Å². The Morgan fingerprint density at radius 1 is 1.43 bits per heavy atom. The van der Waals surface area contributed by atoms with Gasteiger partial charge in [0, 0.05) is 12.7 Å². The van der Waals surface area contributed by atoms with Crippen LogP contribution in [0.2, 0.25) is 0 Å². The van der Waals surface area contributed by atoms with Gasteiger partial charge in [0.25, 0.3) is 0 Å². The molecule has 0 saturated carbocycles. The highest BCUT2D eigenvalue weighted by Gasteiger charge is 2.17. The lowest BCUT2D eigenvalue weighted by Gasteiger charge is -2.01. The zero-order chi connectivity index (χ0) is 14.8. The van der Waals surface area contributed by atoms with Crippen molar-refractivity contribution in [1.82, 2.24) is 19.5 Å². The zero-order valence-corrected chi connectivity index (χ0v) is 12.1. The third-order valence-electron chi connectivity index (χ3n) is 3.14. The molecular formula is C13H13N5O2S. The Balaban J connectivity index is 1.68. The molecule has 0 aliphatic carbocycles. The maximum absolute atomic E-state index is 10.9. The largest absolute Gasteiger partial charge is 0.358 e. The number of thioether (sulfide) groups is 1. The second-order valence-corrected chi connectivity index (χ2v) is 5.56. The van der Waals surface area contributed by atoms with Gasteiger partial charge in [-0.05, 0) is 17.1 Å². The fourth-order valence-corrected chi connectivity index (χ4v) is 2.92. The minimum Gasteiger partial charge on any atom is -0.358 e. The zero-order valence-electron chi connectivity index (χ0n) is 11.3. The number of fused-ring (bicyclic) bond motifs is 1. The second-order valence-electron chi connectivity index (χ2n) is 4.48. The number of imidazole rings is 2. The SMILES string of the molecule is Cc1ncc([N+](=O)[O-])n1CCSc1nc2ccccc2[nH]1. The summed E-state index contributed by atoms with van der Waals surface area (Å²) in [7, 11) is 0. The Morgan fingerprint density at radius 2 is 2.24 bits per heavy atom. The van der Waals surface area contributed by atoms with E-state index in [1.807, 2.05) is 24.3 Å². The van der Waals surface area contributed by atoms with Crippen LogP contribution < -0.4 is 0 Å². The fourth-order valence-electron chi connectivity index (χ4n) is 2.11. The third kappa shape index (κ3) is 2.75. The van der Waals surface area contributed by atoms with Crippen LogP contribution >= 0.6 is 11.8 Å². The molecule has 0 bridgehead atoms. The van der Waals surface area contributed by atoms with Crippen molar-refractivity contribution in [3.8, 4) is 0 Å². The summed E-state index contributed by atoms with van der Waals surface area (Å²) >= 11 is 1.54. The highest BCUT2D eigenvalue weighted by molar-refractivity contribution is 7.99. The van der Waals surface area contributed by atoms with Crippen LogP contribution in [0.25, 0.3) is 11.0 Å². The number of aromatic amines is 1. The van der Waals surface area contributed by atoms with Gasteiger partial charge in [0.2, 0.25) is 0 Å². The molecule has 0 atom stereocenters. The lowest BCUT2D eigenvalue weighted by molar-refractivity contribution is -0.392. The molecule has 2 aromatic heterocycles. The van der Waals surface area contributed by atoms with Gasteiger partial charge in [-0.15, -0.1) is 0 Å². The summed E-state index contributed by atoms with van der Waals surface area (Å²) in [6.07, 6.45) is 1.29. The molecule has 0 aliphatic rings. The van der Waals surface area contributed by atoms with Gasteiger partial charge in [-0.2, -0.15) is 0 Å². The van der Waals surface area contributed by atoms with E-state index in [1.165, 1.54) is 18.0 Å². The van der Waals surface area contributed by atoms with Crippen LogP contribution in [-0.2, 0) is 6.54 Å². The van der Waals surface area contributed by atoms with Gasteiger partial charge >= 0.3 is 5.82 Å². The van der Waals surface area contributed by atoms with E-state index in [-0.39, 0.29) is 5.82 Å². The summed E-state index contributed by atoms with van der Waals surface area (Å²) in [4.78, 5) is 22.2. The first kappa shape index (κ1) is 13.6. The number of H-pyrrole nitrogens is 1. The van der Waals surface area contributed by atoms with Crippen molar-refractivity contribution in [2.75, 3.05) is 5.75 Å². The Morgan fingerprint density at radius 3 is 3.00 bits per heavy atom. The first-order valence-corrected chi connectivity index (χ1v) is 7.38. The minimum absolute atomic E-state index is 0.0257. The molecule has 1 N–H and O–H groups in total. The number of rotatable bonds is 5. The maximum atomic E-state index is 10.9. The van der Waals surface area contributed by atoms with E-state index in [1.54, 1.807) is 11.5 Å². The Hall–Kier alpha value is -2.35. The Labute approximate surface area is 124 Å². The van der Waals surface area contributed by atoms with Crippen LogP contribution in [-0.4, -0.2) is 30.2 Å². The number of benzene rings is 1. The van der Waals surface area contributed by atoms with Crippen LogP contribution in [0.4, 0.5) is 5.82 Å². The molecule has 8 heteroatoms. The van der Waals surface area contributed by atoms with Crippen LogP contribution in [0, 0.1) is 17.0 Å². The predicted octanol–water partition coefficient (Wildman–Crippen LogP) is 2.77. The number of nitro groups is 1. The van der Waals surface area contributed by atoms with Crippen molar-refractivity contribution < 1.29 is 4.92 Å². The lowest BCUT2D eigenvalue weighted by atomic mass is 10.3. The molecule has 0 aliphatic heterocycles. The van der Waals surface area contributed by atoms with Crippen molar-refractivity contribution in [2.24, 2.45) is 0 Å². The standard InChI is InChI=1S/C13H13N5O2S/c1-9-14-8-12(18(19)20)17(9)6-7-21-13-15-10-4-2-3-5-11(10)16-13/h2-5,8H,6-7H2,1H3,(H,15,16). The van der Waals surface area contributed by atoms with Gasteiger partial charge in [0.05, 0.1) is 11.0 Å². The molecule has 0 fully saturated rings. The van der Waals surface area contributed by atoms with Crippen molar-refractivity contribution in [2.45, 2.75) is 18.6 Å². The monoisotopic (exact) mass is 303 g/mol. The summed E-state index contributed by atoms with van der Waals surface area (Å²) in [6.45, 7) is 2.28. The van der Waals surface area contributed by atoms with E-state index in [2.05, 4.69) is 15.0 Å². The van der Waals surface area contributed by atoms with E-state index < -0.39 is 4.92 Å². The summed E-state index contributed by atoms with van der Waals surface area (Å²) in [5.41, 5.74) is 1.91. The summed E-state index contributed by atoms with van der Waals surface area (Å²) < 4.78 is 1.61. The van der Waals surface area contributed by atoms with E-state index in [9.17, 15) is 10.1 Å². The minimum atomic E-state index is -0.411. The second kappa shape index (κ2) is 5.57. The number of hydrogen-bond acceptors (Lipinski definition) is 5. The summed E-state index contributed by atoms with van der Waals surface area (Å²) in [6, 6.07) is 7.81. The Bertz CT molecular complexity index is 762. The lowest BCUT2D eigenvalue weighted by Crippen LogP contribution is -2.06. The quantitative estimate of drug-likeness (QED) is 0.444. The predicted molar refractivity (Wildman–Crippen MR) is 80.4 cm³/mol. The average Bonchev–Trinajstić information content (AvgIpc) is 3.02. The average molecular weight is 303 g/mol. The van der Waals surface area contributed by atoms with Gasteiger partial charge < -0.3 is 15.1 Å². The first-order valence-electron chi connectivity index (χ1n) is 6.39. The number of para-hydroxylation sites is 2. The van der Waals surface area contributed by atoms with Crippen LogP contribution in [0.1, 0.15) is 5.82 Å². The molecule has 0 unspecified atom stereocenters. The van der Waals surface area contributed by atoms with Gasteiger partial charge in [0.15, 0.2) is 11.0 Å². The molecule has 108 valence electrons. The number of nitrogens with zero attached hydrogens (tertiary/aromatic N) is 4. The number of hydrogen-bond donors (Lipinski definition) is 1. The highest BCUT2D eigenvalue weighted by Crippen LogP contribution is 2.21. The molecule has 3 aromatic rings. The molecule has 0 radical (unpaired) electrons. The van der Waals surface area contributed by atoms with Gasteiger partial charge in [0.1, 0.15) is 12.7 Å². The molecule has 0 amide bonds. The first-order chi connectivity index (χ1) is 10.1. The molecule has 1 aromatic carbocycles. The van der Waals surface area contributed by atoms with E-state index >= 15 is 0 Å².